The molecule has 0 radical (unpaired) electrons. The number of hydrogen-bond acceptors (Lipinski definition) is 1. The average Bonchev–Trinajstić information content (AvgIpc) is 2.03. The molecule has 0 bridgehead atoms. The van der Waals surface area contributed by atoms with Gasteiger partial charge in [-0.1, -0.05) is 13.8 Å². The number of likely N-dealkylation sites (tertiary alicyclic amines) is 1. The van der Waals surface area contributed by atoms with Crippen molar-refractivity contribution in [2.45, 2.75) is 46.1 Å². The van der Waals surface area contributed by atoms with Gasteiger partial charge in [-0.2, -0.15) is 0 Å². The van der Waals surface area contributed by atoms with Gasteiger partial charge >= 0.3 is 0 Å². The van der Waals surface area contributed by atoms with Crippen molar-refractivity contribution in [3.63, 3.8) is 0 Å². The standard InChI is InChI=1S/C10H20N2/c1-4-10(11)12-6-5-8(2)7-9(12)3/h8-9,11H,4-7H2,1-3H3. The molecule has 12 heavy (non-hydrogen) atoms. The lowest BCUT2D eigenvalue weighted by molar-refractivity contribution is 0.206. The highest BCUT2D eigenvalue weighted by Gasteiger charge is 2.23. The van der Waals surface area contributed by atoms with Gasteiger partial charge in [-0.3, -0.25) is 5.41 Å². The van der Waals surface area contributed by atoms with E-state index in [0.717, 1.165) is 24.7 Å². The highest BCUT2D eigenvalue weighted by Crippen LogP contribution is 2.22. The van der Waals surface area contributed by atoms with E-state index in [2.05, 4.69) is 25.7 Å². The maximum Gasteiger partial charge on any atom is 0.0957 e. The number of piperidine rings is 1. The van der Waals surface area contributed by atoms with Gasteiger partial charge in [0, 0.05) is 19.0 Å². The Morgan fingerprint density at radius 3 is 2.67 bits per heavy atom. The smallest absolute Gasteiger partial charge is 0.0957 e. The summed E-state index contributed by atoms with van der Waals surface area (Å²) in [6.07, 6.45) is 3.38. The second kappa shape index (κ2) is 3.92. The molecule has 0 aromatic heterocycles. The average molecular weight is 168 g/mol. The molecule has 0 amide bonds. The quantitative estimate of drug-likeness (QED) is 0.472. The molecule has 0 aromatic carbocycles. The fourth-order valence-electron chi connectivity index (χ4n) is 2.01. The number of rotatable bonds is 1. The SMILES string of the molecule is CCC(=N)N1CCC(C)CC1C. The summed E-state index contributed by atoms with van der Waals surface area (Å²) in [6.45, 7) is 7.70. The Bertz CT molecular complexity index is 165. The zero-order valence-corrected chi connectivity index (χ0v) is 8.43. The minimum atomic E-state index is 0.584. The van der Waals surface area contributed by atoms with E-state index in [-0.39, 0.29) is 0 Å². The van der Waals surface area contributed by atoms with Crippen LogP contribution in [-0.2, 0) is 0 Å². The van der Waals surface area contributed by atoms with E-state index in [0.29, 0.717) is 6.04 Å². The summed E-state index contributed by atoms with van der Waals surface area (Å²) in [5, 5.41) is 7.75. The minimum absolute atomic E-state index is 0.584. The normalized spacial score (nSPS) is 30.4. The van der Waals surface area contributed by atoms with E-state index in [4.69, 9.17) is 5.41 Å². The first-order chi connectivity index (χ1) is 5.65. The van der Waals surface area contributed by atoms with E-state index in [9.17, 15) is 0 Å². The van der Waals surface area contributed by atoms with Gasteiger partial charge in [0.1, 0.15) is 0 Å². The molecule has 2 unspecified atom stereocenters. The van der Waals surface area contributed by atoms with Crippen LogP contribution in [0.3, 0.4) is 0 Å². The number of hydrogen-bond donors (Lipinski definition) is 1. The summed E-state index contributed by atoms with van der Waals surface area (Å²) in [7, 11) is 0. The minimum Gasteiger partial charge on any atom is -0.358 e. The molecular weight excluding hydrogens is 148 g/mol. The van der Waals surface area contributed by atoms with E-state index in [1.54, 1.807) is 0 Å². The Morgan fingerprint density at radius 2 is 2.17 bits per heavy atom. The third-order valence-electron chi connectivity index (χ3n) is 2.82. The van der Waals surface area contributed by atoms with Gasteiger partial charge in [0.25, 0.3) is 0 Å². The molecule has 1 aliphatic rings. The van der Waals surface area contributed by atoms with E-state index in [1.807, 2.05) is 0 Å². The molecule has 2 atom stereocenters. The lowest BCUT2D eigenvalue weighted by Crippen LogP contribution is -2.43. The van der Waals surface area contributed by atoms with Crippen LogP contribution in [0.15, 0.2) is 0 Å². The van der Waals surface area contributed by atoms with Crippen molar-refractivity contribution >= 4 is 5.84 Å². The highest BCUT2D eigenvalue weighted by molar-refractivity contribution is 5.79. The second-order valence-corrected chi connectivity index (χ2v) is 3.97. The van der Waals surface area contributed by atoms with E-state index in [1.165, 1.54) is 12.8 Å². The third-order valence-corrected chi connectivity index (χ3v) is 2.82. The number of nitrogens with one attached hydrogen (secondary N) is 1. The molecule has 1 saturated heterocycles. The van der Waals surface area contributed by atoms with Crippen LogP contribution in [0.1, 0.15) is 40.0 Å². The topological polar surface area (TPSA) is 27.1 Å². The fraction of sp³-hybridized carbons (Fsp3) is 0.900. The molecule has 0 aromatic rings. The maximum atomic E-state index is 7.75. The van der Waals surface area contributed by atoms with Crippen LogP contribution in [-0.4, -0.2) is 23.3 Å². The molecule has 1 heterocycles. The van der Waals surface area contributed by atoms with Crippen LogP contribution < -0.4 is 0 Å². The lowest BCUT2D eigenvalue weighted by atomic mass is 9.93. The monoisotopic (exact) mass is 168 g/mol. The van der Waals surface area contributed by atoms with Crippen LogP contribution in [0.25, 0.3) is 0 Å². The molecule has 1 fully saturated rings. The molecule has 1 rings (SSSR count). The predicted molar refractivity (Wildman–Crippen MR) is 52.6 cm³/mol. The molecule has 1 aliphatic heterocycles. The van der Waals surface area contributed by atoms with Crippen molar-refractivity contribution in [2.24, 2.45) is 5.92 Å². The molecule has 2 nitrogen and oxygen atoms in total. The summed E-state index contributed by atoms with van der Waals surface area (Å²) in [5.74, 6) is 1.66. The Hall–Kier alpha value is -0.530. The van der Waals surface area contributed by atoms with Gasteiger partial charge in [0.15, 0.2) is 0 Å². The molecule has 0 aliphatic carbocycles. The number of amidine groups is 1. The van der Waals surface area contributed by atoms with E-state index >= 15 is 0 Å². The summed E-state index contributed by atoms with van der Waals surface area (Å²) in [4.78, 5) is 2.25. The van der Waals surface area contributed by atoms with Crippen molar-refractivity contribution in [2.75, 3.05) is 6.54 Å². The third kappa shape index (κ3) is 1.99. The first-order valence-electron chi connectivity index (χ1n) is 4.99. The largest absolute Gasteiger partial charge is 0.358 e. The van der Waals surface area contributed by atoms with Gasteiger partial charge in [-0.25, -0.2) is 0 Å². The predicted octanol–water partition coefficient (Wildman–Crippen LogP) is 2.49. The van der Waals surface area contributed by atoms with Crippen molar-refractivity contribution in [1.29, 1.82) is 5.41 Å². The number of nitrogens with zero attached hydrogens (tertiary/aromatic N) is 1. The zero-order valence-electron chi connectivity index (χ0n) is 8.43. The van der Waals surface area contributed by atoms with Gasteiger partial charge in [-0.15, -0.1) is 0 Å². The van der Waals surface area contributed by atoms with Crippen molar-refractivity contribution in [3.8, 4) is 0 Å². The molecule has 1 N–H and O–H groups in total. The van der Waals surface area contributed by atoms with Gasteiger partial charge in [-0.05, 0) is 25.7 Å². The van der Waals surface area contributed by atoms with Gasteiger partial charge in [0.2, 0.25) is 0 Å². The van der Waals surface area contributed by atoms with Crippen LogP contribution in [0.2, 0.25) is 0 Å². The first kappa shape index (κ1) is 9.56. The molecular formula is C10H20N2. The van der Waals surface area contributed by atoms with Crippen molar-refractivity contribution in [1.82, 2.24) is 4.90 Å². The van der Waals surface area contributed by atoms with Crippen LogP contribution >= 0.6 is 0 Å². The Morgan fingerprint density at radius 1 is 1.50 bits per heavy atom. The fourth-order valence-corrected chi connectivity index (χ4v) is 2.01. The summed E-state index contributed by atoms with van der Waals surface area (Å²) >= 11 is 0. The zero-order chi connectivity index (χ0) is 9.14. The molecule has 2 heteroatoms. The van der Waals surface area contributed by atoms with Gasteiger partial charge < -0.3 is 4.90 Å². The van der Waals surface area contributed by atoms with Crippen LogP contribution in [0.5, 0.6) is 0 Å². The summed E-state index contributed by atoms with van der Waals surface area (Å²) in [6, 6.07) is 0.584. The summed E-state index contributed by atoms with van der Waals surface area (Å²) in [5.41, 5.74) is 0. The van der Waals surface area contributed by atoms with Crippen LogP contribution in [0.4, 0.5) is 0 Å². The van der Waals surface area contributed by atoms with Crippen molar-refractivity contribution in [3.05, 3.63) is 0 Å². The molecule has 0 spiro atoms. The Labute approximate surface area is 75.5 Å². The van der Waals surface area contributed by atoms with Crippen molar-refractivity contribution < 1.29 is 0 Å². The first-order valence-corrected chi connectivity index (χ1v) is 4.99. The Kier molecular flexibility index (Phi) is 3.12. The maximum absolute atomic E-state index is 7.75. The molecule has 0 saturated carbocycles. The van der Waals surface area contributed by atoms with E-state index < -0.39 is 0 Å². The van der Waals surface area contributed by atoms with Crippen LogP contribution in [0, 0.1) is 11.3 Å². The lowest BCUT2D eigenvalue weighted by Gasteiger charge is -2.38. The highest BCUT2D eigenvalue weighted by atomic mass is 15.2. The second-order valence-electron chi connectivity index (χ2n) is 3.97. The summed E-state index contributed by atoms with van der Waals surface area (Å²) < 4.78 is 0. The van der Waals surface area contributed by atoms with Gasteiger partial charge in [0.05, 0.1) is 5.84 Å². The Balaban J connectivity index is 2.50. The molecule has 70 valence electrons.